The summed E-state index contributed by atoms with van der Waals surface area (Å²) >= 11 is 1.77. The third kappa shape index (κ3) is 5.50. The highest BCUT2D eigenvalue weighted by atomic mass is 32.2. The molecular weight excluding hydrogens is 196 g/mol. The van der Waals surface area contributed by atoms with Crippen LogP contribution >= 0.6 is 11.8 Å². The standard InChI is InChI=1S/C10H22N2OS/c1-8(2)11-6-10(13)12(4)9(3)7-14-5/h8-9,11H,6-7H2,1-5H3. The number of hydrogen-bond donors (Lipinski definition) is 1. The van der Waals surface area contributed by atoms with E-state index in [0.717, 1.165) is 5.75 Å². The molecule has 0 aromatic carbocycles. The van der Waals surface area contributed by atoms with E-state index in [4.69, 9.17) is 0 Å². The Labute approximate surface area is 91.6 Å². The fourth-order valence-electron chi connectivity index (χ4n) is 1.01. The second-order valence-corrected chi connectivity index (χ2v) is 4.76. The van der Waals surface area contributed by atoms with E-state index in [1.54, 1.807) is 11.8 Å². The van der Waals surface area contributed by atoms with Crippen molar-refractivity contribution in [2.45, 2.75) is 32.9 Å². The van der Waals surface area contributed by atoms with Gasteiger partial charge >= 0.3 is 0 Å². The Morgan fingerprint density at radius 2 is 2.00 bits per heavy atom. The van der Waals surface area contributed by atoms with Gasteiger partial charge in [-0.2, -0.15) is 11.8 Å². The molecule has 0 aliphatic heterocycles. The molecular formula is C10H22N2OS. The maximum Gasteiger partial charge on any atom is 0.236 e. The predicted octanol–water partition coefficient (Wildman–Crippen LogP) is 1.19. The summed E-state index contributed by atoms with van der Waals surface area (Å²) in [5.74, 6) is 1.16. The van der Waals surface area contributed by atoms with Crippen LogP contribution in [0.1, 0.15) is 20.8 Å². The molecule has 0 heterocycles. The number of rotatable bonds is 6. The number of thioether (sulfide) groups is 1. The first kappa shape index (κ1) is 13.8. The summed E-state index contributed by atoms with van der Waals surface area (Å²) in [5.41, 5.74) is 0. The van der Waals surface area contributed by atoms with Crippen LogP contribution in [0, 0.1) is 0 Å². The van der Waals surface area contributed by atoms with Crippen LogP contribution < -0.4 is 5.32 Å². The van der Waals surface area contributed by atoms with E-state index < -0.39 is 0 Å². The third-order valence-electron chi connectivity index (χ3n) is 2.12. The summed E-state index contributed by atoms with van der Waals surface area (Å²) in [6.07, 6.45) is 2.06. The number of nitrogens with one attached hydrogen (secondary N) is 1. The minimum absolute atomic E-state index is 0.167. The molecule has 0 aliphatic rings. The molecule has 0 aliphatic carbocycles. The maximum atomic E-state index is 11.6. The number of likely N-dealkylation sites (N-methyl/N-ethyl adjacent to an activating group) is 1. The van der Waals surface area contributed by atoms with E-state index >= 15 is 0 Å². The van der Waals surface area contributed by atoms with Gasteiger partial charge in [0.15, 0.2) is 0 Å². The summed E-state index contributed by atoms with van der Waals surface area (Å²) in [6.45, 7) is 6.59. The molecule has 1 unspecified atom stereocenters. The summed E-state index contributed by atoms with van der Waals surface area (Å²) in [5, 5.41) is 3.13. The van der Waals surface area contributed by atoms with Crippen LogP contribution in [0.3, 0.4) is 0 Å². The van der Waals surface area contributed by atoms with Crippen molar-refractivity contribution < 1.29 is 4.79 Å². The minimum Gasteiger partial charge on any atom is -0.341 e. The van der Waals surface area contributed by atoms with Crippen molar-refractivity contribution in [1.29, 1.82) is 0 Å². The first-order chi connectivity index (χ1) is 6.49. The van der Waals surface area contributed by atoms with Crippen molar-refractivity contribution >= 4 is 17.7 Å². The molecule has 0 aromatic heterocycles. The van der Waals surface area contributed by atoms with Gasteiger partial charge in [0, 0.05) is 24.9 Å². The molecule has 1 atom stereocenters. The van der Waals surface area contributed by atoms with Gasteiger partial charge in [0.25, 0.3) is 0 Å². The first-order valence-electron chi connectivity index (χ1n) is 4.97. The molecule has 0 radical (unpaired) electrons. The van der Waals surface area contributed by atoms with Crippen molar-refractivity contribution in [1.82, 2.24) is 10.2 Å². The second kappa shape index (κ2) is 7.12. The largest absolute Gasteiger partial charge is 0.341 e. The molecule has 0 aromatic rings. The van der Waals surface area contributed by atoms with Gasteiger partial charge in [-0.25, -0.2) is 0 Å². The monoisotopic (exact) mass is 218 g/mol. The highest BCUT2D eigenvalue weighted by Gasteiger charge is 2.14. The number of carbonyl (C=O) groups is 1. The third-order valence-corrected chi connectivity index (χ3v) is 2.94. The first-order valence-corrected chi connectivity index (χ1v) is 6.36. The van der Waals surface area contributed by atoms with E-state index in [0.29, 0.717) is 18.6 Å². The van der Waals surface area contributed by atoms with Gasteiger partial charge in [-0.05, 0) is 13.2 Å². The lowest BCUT2D eigenvalue weighted by molar-refractivity contribution is -0.130. The minimum atomic E-state index is 0.167. The Morgan fingerprint density at radius 3 is 2.43 bits per heavy atom. The Morgan fingerprint density at radius 1 is 1.43 bits per heavy atom. The van der Waals surface area contributed by atoms with Gasteiger partial charge in [-0.15, -0.1) is 0 Å². The number of carbonyl (C=O) groups excluding carboxylic acids is 1. The quantitative estimate of drug-likeness (QED) is 0.727. The topological polar surface area (TPSA) is 32.3 Å². The molecule has 3 nitrogen and oxygen atoms in total. The molecule has 14 heavy (non-hydrogen) atoms. The molecule has 4 heteroatoms. The zero-order valence-corrected chi connectivity index (χ0v) is 10.6. The average molecular weight is 218 g/mol. The van der Waals surface area contributed by atoms with Gasteiger partial charge in [0.05, 0.1) is 6.54 Å². The van der Waals surface area contributed by atoms with E-state index in [1.807, 2.05) is 25.8 Å². The zero-order chi connectivity index (χ0) is 11.1. The lowest BCUT2D eigenvalue weighted by Gasteiger charge is -2.24. The van der Waals surface area contributed by atoms with Crippen LogP contribution in [0.4, 0.5) is 0 Å². The number of amides is 1. The molecule has 0 rings (SSSR count). The Balaban J connectivity index is 3.86. The zero-order valence-electron chi connectivity index (χ0n) is 9.83. The van der Waals surface area contributed by atoms with Crippen LogP contribution in [-0.4, -0.2) is 48.5 Å². The van der Waals surface area contributed by atoms with Crippen molar-refractivity contribution in [3.8, 4) is 0 Å². The van der Waals surface area contributed by atoms with Crippen LogP contribution in [0.2, 0.25) is 0 Å². The second-order valence-electron chi connectivity index (χ2n) is 3.84. The van der Waals surface area contributed by atoms with E-state index in [9.17, 15) is 4.79 Å². The van der Waals surface area contributed by atoms with Crippen molar-refractivity contribution in [2.24, 2.45) is 0 Å². The molecule has 1 N–H and O–H groups in total. The Bertz CT molecular complexity index is 174. The summed E-state index contributed by atoms with van der Waals surface area (Å²) in [6, 6.07) is 0.676. The van der Waals surface area contributed by atoms with E-state index in [-0.39, 0.29) is 5.91 Å². The predicted molar refractivity (Wildman–Crippen MR) is 63.8 cm³/mol. The molecule has 0 fully saturated rings. The average Bonchev–Trinajstić information content (AvgIpc) is 2.13. The van der Waals surface area contributed by atoms with Gasteiger partial charge in [0.2, 0.25) is 5.91 Å². The smallest absolute Gasteiger partial charge is 0.236 e. The Kier molecular flexibility index (Phi) is 7.01. The highest BCUT2D eigenvalue weighted by Crippen LogP contribution is 2.03. The van der Waals surface area contributed by atoms with Crippen molar-refractivity contribution in [3.05, 3.63) is 0 Å². The van der Waals surface area contributed by atoms with Crippen LogP contribution in [0.5, 0.6) is 0 Å². The van der Waals surface area contributed by atoms with Crippen molar-refractivity contribution in [2.75, 3.05) is 25.6 Å². The molecule has 0 bridgehead atoms. The van der Waals surface area contributed by atoms with Crippen molar-refractivity contribution in [3.63, 3.8) is 0 Å². The highest BCUT2D eigenvalue weighted by molar-refractivity contribution is 7.98. The van der Waals surface area contributed by atoms with Gasteiger partial charge in [-0.3, -0.25) is 4.79 Å². The molecule has 0 saturated heterocycles. The van der Waals surface area contributed by atoms with E-state index in [2.05, 4.69) is 18.5 Å². The lowest BCUT2D eigenvalue weighted by atomic mass is 10.3. The molecule has 84 valence electrons. The van der Waals surface area contributed by atoms with Crippen LogP contribution in [0.25, 0.3) is 0 Å². The fraction of sp³-hybridized carbons (Fsp3) is 0.900. The van der Waals surface area contributed by atoms with Gasteiger partial charge < -0.3 is 10.2 Å². The lowest BCUT2D eigenvalue weighted by Crippen LogP contribution is -2.43. The summed E-state index contributed by atoms with van der Waals surface area (Å²) in [7, 11) is 1.87. The SMILES string of the molecule is CSCC(C)N(C)C(=O)CNC(C)C. The molecule has 1 amide bonds. The summed E-state index contributed by atoms with van der Waals surface area (Å²) < 4.78 is 0. The Hall–Kier alpha value is -0.220. The normalized spacial score (nSPS) is 13.0. The number of nitrogens with zero attached hydrogens (tertiary/aromatic N) is 1. The van der Waals surface area contributed by atoms with Gasteiger partial charge in [-0.1, -0.05) is 13.8 Å². The van der Waals surface area contributed by atoms with Crippen LogP contribution in [-0.2, 0) is 4.79 Å². The molecule has 0 saturated carbocycles. The van der Waals surface area contributed by atoms with E-state index in [1.165, 1.54) is 0 Å². The fourth-order valence-corrected chi connectivity index (χ4v) is 1.72. The number of hydrogen-bond acceptors (Lipinski definition) is 3. The molecule has 0 spiro atoms. The van der Waals surface area contributed by atoms with Crippen LogP contribution in [0.15, 0.2) is 0 Å². The maximum absolute atomic E-state index is 11.6. The van der Waals surface area contributed by atoms with Gasteiger partial charge in [0.1, 0.15) is 0 Å². The summed E-state index contributed by atoms with van der Waals surface area (Å²) in [4.78, 5) is 13.4.